The Morgan fingerprint density at radius 3 is 1.02 bits per heavy atom. The molecule has 0 spiro atoms. The van der Waals surface area contributed by atoms with Gasteiger partial charge in [-0.2, -0.15) is 0 Å². The number of carboxylic acid groups (broad SMARTS) is 1. The molecule has 0 heterocycles. The number of aryl methyl sites for hydroxylation is 1. The minimum atomic E-state index is -0.858. The molecule has 0 saturated heterocycles. The summed E-state index contributed by atoms with van der Waals surface area (Å²) in [4.78, 5) is 103. The third-order valence-electron chi connectivity index (χ3n) is 18.3. The number of benzene rings is 11. The van der Waals surface area contributed by atoms with Gasteiger partial charge in [-0.3, -0.25) is 43.2 Å². The van der Waals surface area contributed by atoms with Crippen LogP contribution in [0, 0.1) is 0 Å². The number of aliphatic carboxylic acids is 1. The van der Waals surface area contributed by atoms with Gasteiger partial charge in [0, 0.05) is 116 Å². The van der Waals surface area contributed by atoms with Crippen LogP contribution in [0.3, 0.4) is 0 Å². The summed E-state index contributed by atoms with van der Waals surface area (Å²) in [5, 5.41) is 40.8. The number of phenolic OH excluding ortho intramolecular Hbond substituents is 2. The number of aromatic hydroxyl groups is 2. The number of carboxylic acids is 1. The molecular weight excluding hydrogens is 1900 g/mol. The van der Waals surface area contributed by atoms with Crippen molar-refractivity contribution in [2.45, 2.75) is 69.9 Å². The molecule has 0 saturated carbocycles. The first kappa shape index (κ1) is 109. The monoisotopic (exact) mass is 1970 g/mol. The van der Waals surface area contributed by atoms with Gasteiger partial charge >= 0.3 is 150 Å². The number of Topliss-reactive ketones (excluding diaryl/α,β-unsaturated/α-hetero) is 4. The molecule has 31 heteroatoms. The number of hydrogen-bond acceptors (Lipinski definition) is 18. The zero-order valence-corrected chi connectivity index (χ0v) is 83.6. The number of ketones is 4. The second-order valence-electron chi connectivity index (χ2n) is 27.1. The van der Waals surface area contributed by atoms with Gasteiger partial charge in [0.2, 0.25) is 0 Å². The van der Waals surface area contributed by atoms with Crippen molar-refractivity contribution >= 4 is 181 Å². The molecule has 19 nitrogen and oxygen atoms in total. The van der Waals surface area contributed by atoms with E-state index in [0.717, 1.165) is 84.1 Å². The van der Waals surface area contributed by atoms with E-state index in [1.54, 1.807) is 140 Å². The summed E-state index contributed by atoms with van der Waals surface area (Å²) in [5.74, 6) is 0.632. The first-order valence-electron chi connectivity index (χ1n) is 36.6. The number of halogens is 9. The molecule has 0 fully saturated rings. The van der Waals surface area contributed by atoms with Crippen LogP contribution in [0.2, 0.25) is 40.2 Å². The van der Waals surface area contributed by atoms with Gasteiger partial charge in [-0.25, -0.2) is 0 Å². The number of alkyl halides is 1. The van der Waals surface area contributed by atoms with Gasteiger partial charge in [0.25, 0.3) is 6.47 Å². The maximum Gasteiger partial charge on any atom is 1.00 e. The number of aldehydes is 1. The molecule has 630 valence electrons. The smallest absolute Gasteiger partial charge is 1.00 e. The van der Waals surface area contributed by atoms with Gasteiger partial charge < -0.3 is 51.3 Å². The van der Waals surface area contributed by atoms with Gasteiger partial charge in [0.1, 0.15) is 42.5 Å². The van der Waals surface area contributed by atoms with Crippen LogP contribution in [-0.2, 0) is 97.0 Å². The minimum absolute atomic E-state index is 0. The minimum Gasteiger partial charge on any atom is -1.00 e. The first-order valence-corrected chi connectivity index (χ1v) is 40.7. The molecule has 11 aromatic carbocycles. The first-order chi connectivity index (χ1) is 58.0. The SMILES string of the molecule is COC(=O)Cc1ccc(CBr)cc1.COC(=O)Cc1ccc(COc2ccc3c(c2)C/C(=C\c2cc(Cl)cc(Cl)c2)C3=O)cc1.O=C(O)Cc1ccc(COc2ccc3c(c2)C/C(=C\c2cc(Cl)cc(Cl)c2)C3=O)cc1.O=C1/C(=C/c2cc(Cl)cc(Cl)c2)Cc2cc(O)ccc21.O=C1CCc2cc(O)ccc21.O=CO[O-].O=Cc1cc(Cl)cc(Cl)c1.[H-].[K+].[K+].[Na+].[OH-]. The molecule has 4 aliphatic carbocycles. The Morgan fingerprint density at radius 2 is 0.704 bits per heavy atom. The van der Waals surface area contributed by atoms with Crippen molar-refractivity contribution in [3.8, 4) is 23.0 Å². The Hall–Kier alpha value is -6.94. The molecule has 0 radical (unpaired) electrons. The van der Waals surface area contributed by atoms with E-state index in [9.17, 15) is 43.5 Å². The molecule has 4 aliphatic rings. The third-order valence-corrected chi connectivity index (χ3v) is 20.7. The summed E-state index contributed by atoms with van der Waals surface area (Å²) >= 11 is 50.7. The van der Waals surface area contributed by atoms with E-state index in [1.165, 1.54) is 25.8 Å². The third kappa shape index (κ3) is 34.8. The van der Waals surface area contributed by atoms with Crippen molar-refractivity contribution in [1.29, 1.82) is 0 Å². The fourth-order valence-corrected chi connectivity index (χ4v) is 15.2. The summed E-state index contributed by atoms with van der Waals surface area (Å²) in [6.45, 7) is 0.554. The second-order valence-corrected chi connectivity index (χ2v) is 31.2. The standard InChI is InChI=1S/C26H20Cl2O4.C25H18Cl2O4.C16H10Cl2O2.C10H11BrO2.C9H8O2.C7H4Cl2O.CH2O3.2K.Na.H2O.H/c1-31-25(29)11-16-2-4-17(5-3-16)15-32-23-6-7-24-19(13-23)12-20(26(24)30)8-18-9-21(27)14-22(28)10-18;26-20-8-17(9-21(27)13-20)7-19-11-18-12-22(5-6-23(18)25(19)30)31-14-16-3-1-15(2-4-16)10-24(28)29;17-12-4-9(5-13(18)8-12)3-11-6-10-7-14(19)1-2-15(10)16(11)20;1-13-10(12)6-8-2-4-9(7-11)5-3-8;10-7-2-3-8-6(5-7)1-4-9(8)11;8-6-1-5(4-10)2-7(9)3-6;2-1-4-3;;;;;/h2-10,13-14H,11-12,15H2,1H3;1-9,12-13H,10-11,14H2,(H,28,29);1-5,7-8,19H,6H2;2-5H,6-7H2,1H3;2-3,5,10H,1,4H2;1-4H;1,3H;;;;1H2;/q;;;;;;;3*+1;;-1/p-2/b20-8+;19-7+;11-3+;;;;;;;;;. The number of esters is 2. The Kier molecular flexibility index (Phi) is 47.4. The van der Waals surface area contributed by atoms with Crippen molar-refractivity contribution < 1.29 is 227 Å². The molecule has 0 unspecified atom stereocenters. The van der Waals surface area contributed by atoms with Crippen LogP contribution in [0.25, 0.3) is 18.2 Å². The van der Waals surface area contributed by atoms with E-state index in [4.69, 9.17) is 123 Å². The summed E-state index contributed by atoms with van der Waals surface area (Å²) in [6.07, 6.45) is 9.65. The van der Waals surface area contributed by atoms with E-state index < -0.39 is 5.97 Å². The number of fused-ring (bicyclic) bond motifs is 4. The fraction of sp³-hybridized carbons (Fsp3) is 0.138. The van der Waals surface area contributed by atoms with Crippen molar-refractivity contribution in [2.24, 2.45) is 0 Å². The number of hydrogen-bond donors (Lipinski definition) is 3. The maximum atomic E-state index is 12.8. The van der Waals surface area contributed by atoms with E-state index >= 15 is 0 Å². The number of allylic oxidation sites excluding steroid dienone is 3. The number of ether oxygens (including phenoxy) is 4. The summed E-state index contributed by atoms with van der Waals surface area (Å²) < 4.78 is 21.0. The number of carbonyl (C=O) groups excluding carboxylic acids is 8. The summed E-state index contributed by atoms with van der Waals surface area (Å²) in [6, 6.07) is 63.7. The summed E-state index contributed by atoms with van der Waals surface area (Å²) in [5.41, 5.74) is 17.1. The van der Waals surface area contributed by atoms with Crippen LogP contribution in [0.15, 0.2) is 235 Å². The molecule has 4 N–H and O–H groups in total. The van der Waals surface area contributed by atoms with Gasteiger partial charge in [-0.15, -0.1) is 0 Å². The van der Waals surface area contributed by atoms with Crippen molar-refractivity contribution in [3.63, 3.8) is 0 Å². The Labute approximate surface area is 878 Å². The second kappa shape index (κ2) is 54.5. The Morgan fingerprint density at radius 1 is 0.408 bits per heavy atom. The Balaban J connectivity index is 0.000000327. The van der Waals surface area contributed by atoms with Crippen molar-refractivity contribution in [1.82, 2.24) is 0 Å². The van der Waals surface area contributed by atoms with Crippen LogP contribution < -0.4 is 147 Å². The van der Waals surface area contributed by atoms with Gasteiger partial charge in [-0.05, 0) is 243 Å². The number of carbonyl (C=O) groups is 9. The van der Waals surface area contributed by atoms with E-state index in [1.807, 2.05) is 91.0 Å². The van der Waals surface area contributed by atoms with Gasteiger partial charge in [0.05, 0.1) is 33.5 Å². The predicted molar refractivity (Wildman–Crippen MR) is 475 cm³/mol. The average Bonchev–Trinajstić information content (AvgIpc) is 1.66. The molecule has 0 bridgehead atoms. The summed E-state index contributed by atoms with van der Waals surface area (Å²) in [7, 11) is 2.77. The molecule has 0 atom stereocenters. The van der Waals surface area contributed by atoms with Crippen molar-refractivity contribution in [2.75, 3.05) is 14.2 Å². The molecule has 15 rings (SSSR count). The van der Waals surface area contributed by atoms with E-state index in [2.05, 4.69) is 30.3 Å². The largest absolute Gasteiger partial charge is 1.00 e. The quantitative estimate of drug-likeness (QED) is 0.0137. The van der Waals surface area contributed by atoms with Gasteiger partial charge in [-0.1, -0.05) is 182 Å². The molecule has 0 aliphatic heterocycles. The van der Waals surface area contributed by atoms with E-state index in [0.29, 0.717) is 142 Å². The average molecular weight is 1970 g/mol. The zero-order chi connectivity index (χ0) is 87.4. The number of phenols is 2. The molecule has 0 amide bonds. The van der Waals surface area contributed by atoms with Crippen LogP contribution in [0.5, 0.6) is 23.0 Å². The maximum absolute atomic E-state index is 12.8. The van der Waals surface area contributed by atoms with Crippen LogP contribution in [0.4, 0.5) is 0 Å². The fourth-order valence-electron chi connectivity index (χ4n) is 12.6. The topological polar surface area (TPSA) is 314 Å². The van der Waals surface area contributed by atoms with Crippen LogP contribution >= 0.6 is 109 Å². The number of methoxy groups -OCH3 is 2. The predicted octanol–water partition coefficient (Wildman–Crippen LogP) is 12.7. The zero-order valence-electron chi connectivity index (χ0n) is 68.8. The molecule has 0 aromatic heterocycles. The van der Waals surface area contributed by atoms with Crippen molar-refractivity contribution in [3.05, 3.63) is 375 Å². The normalized spacial score (nSPS) is 12.8. The van der Waals surface area contributed by atoms with Gasteiger partial charge in [0.15, 0.2) is 23.1 Å². The van der Waals surface area contributed by atoms with Crippen LogP contribution in [0.1, 0.15) is 132 Å². The molecule has 11 aromatic rings. The molecule has 125 heavy (non-hydrogen) atoms. The van der Waals surface area contributed by atoms with E-state index in [-0.39, 0.29) is 205 Å². The number of rotatable bonds is 18. The molecular formula is C94H74BrCl8K2NaO19. The Bertz CT molecular complexity index is 5720. The van der Waals surface area contributed by atoms with Crippen LogP contribution in [-0.4, -0.2) is 88.8 Å².